The van der Waals surface area contributed by atoms with Crippen LogP contribution in [0.4, 0.5) is 4.79 Å². The van der Waals surface area contributed by atoms with Crippen LogP contribution in [0.2, 0.25) is 0 Å². The Bertz CT molecular complexity index is 893. The van der Waals surface area contributed by atoms with Gasteiger partial charge in [0, 0.05) is 25.9 Å². The maximum Gasteiger partial charge on any atom is 0.534 e. The summed E-state index contributed by atoms with van der Waals surface area (Å²) < 4.78 is 32.5. The first-order valence-electron chi connectivity index (χ1n) is 10.3. The molecule has 0 aliphatic carbocycles. The van der Waals surface area contributed by atoms with Crippen molar-refractivity contribution in [3.05, 3.63) is 35.4 Å². The minimum absolute atomic E-state index is 0.0431. The van der Waals surface area contributed by atoms with E-state index in [0.717, 1.165) is 24.0 Å². The molecule has 0 spiro atoms. The van der Waals surface area contributed by atoms with Crippen molar-refractivity contribution < 1.29 is 32.4 Å². The third-order valence-electron chi connectivity index (χ3n) is 5.27. The standard InChI is InChI=1S/C20H27N3O7S/c21-11-5-1-2-8-17(29-20(26)30-23-18(24)9-10-19(23)25)14-31(27,28)22-12-15-6-3-4-7-16(15)13-22/h3-4,6-7,17H,1-2,5,8-14,21H2. The van der Waals surface area contributed by atoms with Crippen molar-refractivity contribution in [2.24, 2.45) is 5.73 Å². The highest BCUT2D eigenvalue weighted by Crippen LogP contribution is 2.26. The van der Waals surface area contributed by atoms with Crippen LogP contribution in [0, 0.1) is 0 Å². The molecule has 2 aliphatic rings. The Balaban J connectivity index is 1.63. The lowest BCUT2D eigenvalue weighted by atomic mass is 10.1. The number of rotatable bonds is 10. The second kappa shape index (κ2) is 10.2. The average molecular weight is 454 g/mol. The number of carbonyl (C=O) groups excluding carboxylic acids is 3. The average Bonchev–Trinajstić information content (AvgIpc) is 3.30. The highest BCUT2D eigenvalue weighted by molar-refractivity contribution is 7.89. The molecule has 170 valence electrons. The van der Waals surface area contributed by atoms with Crippen LogP contribution in [0.25, 0.3) is 0 Å². The number of unbranched alkanes of at least 4 members (excludes halogenated alkanes) is 2. The van der Waals surface area contributed by atoms with Gasteiger partial charge in [0.05, 0.1) is 0 Å². The lowest BCUT2D eigenvalue weighted by Crippen LogP contribution is -2.38. The van der Waals surface area contributed by atoms with Crippen LogP contribution in [0.1, 0.15) is 49.7 Å². The van der Waals surface area contributed by atoms with Gasteiger partial charge in [-0.05, 0) is 36.9 Å². The topological polar surface area (TPSA) is 136 Å². The van der Waals surface area contributed by atoms with Gasteiger partial charge in [-0.2, -0.15) is 4.31 Å². The summed E-state index contributed by atoms with van der Waals surface area (Å²) in [6, 6.07) is 7.48. The summed E-state index contributed by atoms with van der Waals surface area (Å²) in [6.45, 7) is 1.04. The Morgan fingerprint density at radius 2 is 1.65 bits per heavy atom. The largest absolute Gasteiger partial charge is 0.534 e. The molecular weight excluding hydrogens is 426 g/mol. The second-order valence-electron chi connectivity index (χ2n) is 7.62. The molecule has 2 heterocycles. The first-order chi connectivity index (χ1) is 14.8. The van der Waals surface area contributed by atoms with Gasteiger partial charge in [-0.3, -0.25) is 14.4 Å². The first kappa shape index (κ1) is 23.2. The first-order valence-corrected chi connectivity index (χ1v) is 11.9. The number of nitrogens with zero attached hydrogens (tertiary/aromatic N) is 2. The number of benzene rings is 1. The summed E-state index contributed by atoms with van der Waals surface area (Å²) in [7, 11) is -3.74. The van der Waals surface area contributed by atoms with Crippen LogP contribution in [-0.4, -0.2) is 54.2 Å². The number of ether oxygens (including phenoxy) is 1. The van der Waals surface area contributed by atoms with E-state index in [4.69, 9.17) is 15.3 Å². The summed E-state index contributed by atoms with van der Waals surface area (Å²) in [4.78, 5) is 40.1. The number of imide groups is 1. The molecule has 1 atom stereocenters. The van der Waals surface area contributed by atoms with Crippen molar-refractivity contribution in [3.63, 3.8) is 0 Å². The Labute approximate surface area is 181 Å². The highest BCUT2D eigenvalue weighted by Gasteiger charge is 2.36. The van der Waals surface area contributed by atoms with Crippen LogP contribution < -0.4 is 5.73 Å². The zero-order valence-electron chi connectivity index (χ0n) is 17.2. The van der Waals surface area contributed by atoms with Crippen molar-refractivity contribution in [2.75, 3.05) is 12.3 Å². The van der Waals surface area contributed by atoms with Gasteiger partial charge in [0.25, 0.3) is 11.8 Å². The Kier molecular flexibility index (Phi) is 7.63. The van der Waals surface area contributed by atoms with Gasteiger partial charge in [0.1, 0.15) is 11.9 Å². The highest BCUT2D eigenvalue weighted by atomic mass is 32.2. The van der Waals surface area contributed by atoms with Gasteiger partial charge in [-0.25, -0.2) is 13.2 Å². The monoisotopic (exact) mass is 453 g/mol. The van der Waals surface area contributed by atoms with E-state index in [9.17, 15) is 22.8 Å². The van der Waals surface area contributed by atoms with Crippen molar-refractivity contribution in [1.82, 2.24) is 9.37 Å². The number of hydrogen-bond acceptors (Lipinski definition) is 8. The third-order valence-corrected chi connectivity index (χ3v) is 7.10. The van der Waals surface area contributed by atoms with E-state index in [2.05, 4.69) is 0 Å². The molecule has 31 heavy (non-hydrogen) atoms. The number of carbonyl (C=O) groups is 3. The minimum Gasteiger partial charge on any atom is -0.428 e. The van der Waals surface area contributed by atoms with Gasteiger partial charge in [-0.15, -0.1) is 0 Å². The zero-order chi connectivity index (χ0) is 22.4. The summed E-state index contributed by atoms with van der Waals surface area (Å²) in [5, 5.41) is 0.374. The molecule has 1 saturated heterocycles. The fourth-order valence-electron chi connectivity index (χ4n) is 3.60. The van der Waals surface area contributed by atoms with E-state index < -0.39 is 39.8 Å². The van der Waals surface area contributed by atoms with E-state index in [-0.39, 0.29) is 32.4 Å². The smallest absolute Gasteiger partial charge is 0.428 e. The summed E-state index contributed by atoms with van der Waals surface area (Å²) in [5.74, 6) is -1.69. The predicted octanol–water partition coefficient (Wildman–Crippen LogP) is 1.44. The quantitative estimate of drug-likeness (QED) is 0.319. The van der Waals surface area contributed by atoms with E-state index in [1.54, 1.807) is 0 Å². The predicted molar refractivity (Wildman–Crippen MR) is 109 cm³/mol. The van der Waals surface area contributed by atoms with Gasteiger partial charge in [0.15, 0.2) is 0 Å². The van der Waals surface area contributed by atoms with Gasteiger partial charge in [-0.1, -0.05) is 35.7 Å². The van der Waals surface area contributed by atoms with Crippen molar-refractivity contribution in [2.45, 2.75) is 57.7 Å². The van der Waals surface area contributed by atoms with Crippen LogP contribution in [0.15, 0.2) is 24.3 Å². The molecule has 1 unspecified atom stereocenters. The van der Waals surface area contributed by atoms with Crippen LogP contribution in [0.5, 0.6) is 0 Å². The van der Waals surface area contributed by atoms with Gasteiger partial charge in [0.2, 0.25) is 10.0 Å². The molecule has 1 aromatic carbocycles. The summed E-state index contributed by atoms with van der Waals surface area (Å²) in [6.07, 6.45) is 0.0750. The molecule has 0 radical (unpaired) electrons. The van der Waals surface area contributed by atoms with Crippen LogP contribution in [-0.2, 0) is 42.3 Å². The number of hydroxylamine groups is 2. The molecule has 10 nitrogen and oxygen atoms in total. The molecule has 11 heteroatoms. The lowest BCUT2D eigenvalue weighted by molar-refractivity contribution is -0.178. The number of nitrogens with two attached hydrogens (primary N) is 1. The molecule has 1 fully saturated rings. The molecule has 3 rings (SSSR count). The van der Waals surface area contributed by atoms with E-state index in [1.807, 2.05) is 24.3 Å². The number of hydrogen-bond donors (Lipinski definition) is 1. The van der Waals surface area contributed by atoms with E-state index in [0.29, 0.717) is 18.0 Å². The lowest BCUT2D eigenvalue weighted by Gasteiger charge is -2.22. The zero-order valence-corrected chi connectivity index (χ0v) is 18.0. The molecule has 1 aromatic rings. The van der Waals surface area contributed by atoms with Crippen LogP contribution in [0.3, 0.4) is 0 Å². The second-order valence-corrected chi connectivity index (χ2v) is 9.63. The number of sulfonamides is 1. The molecule has 2 aliphatic heterocycles. The summed E-state index contributed by atoms with van der Waals surface area (Å²) >= 11 is 0. The van der Waals surface area contributed by atoms with Crippen molar-refractivity contribution in [1.29, 1.82) is 0 Å². The fraction of sp³-hybridized carbons (Fsp3) is 0.550. The number of amides is 2. The van der Waals surface area contributed by atoms with Gasteiger partial charge >= 0.3 is 6.16 Å². The number of fused-ring (bicyclic) bond motifs is 1. The fourth-order valence-corrected chi connectivity index (χ4v) is 5.19. The molecule has 0 aromatic heterocycles. The van der Waals surface area contributed by atoms with Crippen LogP contribution >= 0.6 is 0 Å². The molecule has 2 N–H and O–H groups in total. The third kappa shape index (κ3) is 6.02. The van der Waals surface area contributed by atoms with E-state index in [1.165, 1.54) is 4.31 Å². The summed E-state index contributed by atoms with van der Waals surface area (Å²) in [5.41, 5.74) is 7.38. The van der Waals surface area contributed by atoms with E-state index >= 15 is 0 Å². The molecule has 2 amide bonds. The van der Waals surface area contributed by atoms with Crippen molar-refractivity contribution in [3.8, 4) is 0 Å². The maximum absolute atomic E-state index is 13.0. The Morgan fingerprint density at radius 3 is 2.23 bits per heavy atom. The Morgan fingerprint density at radius 1 is 1.03 bits per heavy atom. The van der Waals surface area contributed by atoms with Crippen molar-refractivity contribution >= 4 is 28.0 Å². The minimum atomic E-state index is -3.74. The molecule has 0 saturated carbocycles. The Hall–Kier alpha value is -2.50. The normalized spacial score (nSPS) is 17.6. The maximum atomic E-state index is 13.0. The molecule has 0 bridgehead atoms. The van der Waals surface area contributed by atoms with Gasteiger partial charge < -0.3 is 10.5 Å². The SMILES string of the molecule is NCCCCCC(CS(=O)(=O)N1Cc2ccccc2C1)OC(=O)ON1C(=O)CCC1=O. The molecular formula is C20H27N3O7S.